The van der Waals surface area contributed by atoms with Gasteiger partial charge in [0.25, 0.3) is 0 Å². The van der Waals surface area contributed by atoms with Gasteiger partial charge in [-0.15, -0.1) is 0 Å². The van der Waals surface area contributed by atoms with Crippen LogP contribution in [0.25, 0.3) is 11.1 Å². The van der Waals surface area contributed by atoms with E-state index in [0.29, 0.717) is 6.42 Å². The van der Waals surface area contributed by atoms with E-state index >= 15 is 0 Å². The first-order valence-corrected chi connectivity index (χ1v) is 10.1. The summed E-state index contributed by atoms with van der Waals surface area (Å²) >= 11 is 0. The Labute approximate surface area is 170 Å². The Morgan fingerprint density at radius 2 is 1.69 bits per heavy atom. The first kappa shape index (κ1) is 19.2. The molecular formula is C24H25NO4. The normalized spacial score (nSPS) is 18.6. The summed E-state index contributed by atoms with van der Waals surface area (Å²) in [5.41, 5.74) is 4.58. The van der Waals surface area contributed by atoms with E-state index in [1.807, 2.05) is 24.3 Å². The van der Waals surface area contributed by atoms with Crippen molar-refractivity contribution in [3.05, 3.63) is 71.8 Å². The van der Waals surface area contributed by atoms with Crippen molar-refractivity contribution in [3.8, 4) is 11.1 Å². The number of nitrogens with one attached hydrogen (secondary N) is 1. The summed E-state index contributed by atoms with van der Waals surface area (Å²) in [4.78, 5) is 24.0. The number of hydrogen-bond donors (Lipinski definition) is 2. The molecule has 2 aliphatic rings. The molecule has 5 nitrogen and oxygen atoms in total. The Morgan fingerprint density at radius 3 is 2.28 bits per heavy atom. The molecule has 2 unspecified atom stereocenters. The number of carboxylic acids is 1. The monoisotopic (exact) mass is 391 g/mol. The summed E-state index contributed by atoms with van der Waals surface area (Å²) in [6, 6.07) is 15.3. The maximum atomic E-state index is 12.4. The topological polar surface area (TPSA) is 75.6 Å². The highest BCUT2D eigenvalue weighted by molar-refractivity contribution is 5.81. The van der Waals surface area contributed by atoms with Gasteiger partial charge in [-0.25, -0.2) is 9.59 Å². The molecule has 0 aliphatic heterocycles. The number of ether oxygens (including phenoxy) is 1. The van der Waals surface area contributed by atoms with E-state index in [4.69, 9.17) is 4.74 Å². The molecule has 2 atom stereocenters. The van der Waals surface area contributed by atoms with Gasteiger partial charge in [-0.2, -0.15) is 0 Å². The Morgan fingerprint density at radius 1 is 1.03 bits per heavy atom. The Balaban J connectivity index is 1.40. The van der Waals surface area contributed by atoms with E-state index in [-0.39, 0.29) is 18.4 Å². The molecule has 0 heterocycles. The molecule has 2 aromatic carbocycles. The highest BCUT2D eigenvalue weighted by Crippen LogP contribution is 2.44. The fraction of sp³-hybridized carbons (Fsp3) is 0.333. The van der Waals surface area contributed by atoms with Crippen molar-refractivity contribution in [2.24, 2.45) is 5.92 Å². The lowest BCUT2D eigenvalue weighted by molar-refractivity contribution is -0.139. The number of aliphatic carboxylic acids is 1. The molecule has 0 fully saturated rings. The molecular weight excluding hydrogens is 366 g/mol. The number of rotatable bonds is 6. The zero-order valence-corrected chi connectivity index (χ0v) is 16.2. The molecule has 0 spiro atoms. The van der Waals surface area contributed by atoms with Crippen molar-refractivity contribution >= 4 is 12.1 Å². The maximum absolute atomic E-state index is 12.4. The third-order valence-electron chi connectivity index (χ3n) is 5.88. The van der Waals surface area contributed by atoms with Gasteiger partial charge in [0.2, 0.25) is 0 Å². The van der Waals surface area contributed by atoms with Crippen molar-refractivity contribution in [3.63, 3.8) is 0 Å². The molecule has 0 radical (unpaired) electrons. The lowest BCUT2D eigenvalue weighted by atomic mass is 9.88. The zero-order valence-electron chi connectivity index (χ0n) is 16.2. The van der Waals surface area contributed by atoms with E-state index in [2.05, 4.69) is 41.7 Å². The first-order chi connectivity index (χ1) is 14.1. The van der Waals surface area contributed by atoms with E-state index in [1.165, 1.54) is 0 Å². The van der Waals surface area contributed by atoms with E-state index in [0.717, 1.165) is 41.5 Å². The van der Waals surface area contributed by atoms with Crippen LogP contribution in [0.2, 0.25) is 0 Å². The van der Waals surface area contributed by atoms with Crippen LogP contribution in [-0.4, -0.2) is 29.8 Å². The Kier molecular flexibility index (Phi) is 5.65. The molecule has 29 heavy (non-hydrogen) atoms. The van der Waals surface area contributed by atoms with Crippen molar-refractivity contribution in [1.29, 1.82) is 0 Å². The fourth-order valence-electron chi connectivity index (χ4n) is 4.41. The van der Waals surface area contributed by atoms with Crippen LogP contribution < -0.4 is 5.32 Å². The lowest BCUT2D eigenvalue weighted by Gasteiger charge is -2.22. The number of carboxylic acid groups (broad SMARTS) is 1. The van der Waals surface area contributed by atoms with E-state index < -0.39 is 18.1 Å². The average Bonchev–Trinajstić information content (AvgIpc) is 3.06. The summed E-state index contributed by atoms with van der Waals surface area (Å²) in [7, 11) is 0. The van der Waals surface area contributed by atoms with Crippen LogP contribution in [0.5, 0.6) is 0 Å². The minimum atomic E-state index is -1.02. The summed E-state index contributed by atoms with van der Waals surface area (Å²) in [6.07, 6.45) is 6.71. The number of alkyl carbamates (subject to hydrolysis) is 1. The Bertz CT molecular complexity index is 890. The smallest absolute Gasteiger partial charge is 0.407 e. The molecule has 0 saturated heterocycles. The van der Waals surface area contributed by atoms with Crippen molar-refractivity contribution in [2.75, 3.05) is 6.61 Å². The average molecular weight is 391 g/mol. The largest absolute Gasteiger partial charge is 0.480 e. The molecule has 0 saturated carbocycles. The number of allylic oxidation sites excluding steroid dienone is 2. The van der Waals surface area contributed by atoms with Crippen LogP contribution in [0, 0.1) is 5.92 Å². The molecule has 2 aromatic rings. The SMILES string of the molecule is O=C(NC(CC1CC=CCC1)C(=O)O)OCC1c2ccccc2-c2ccccc21. The maximum Gasteiger partial charge on any atom is 0.407 e. The van der Waals surface area contributed by atoms with Gasteiger partial charge >= 0.3 is 12.1 Å². The zero-order chi connectivity index (χ0) is 20.2. The molecule has 2 aliphatic carbocycles. The predicted molar refractivity (Wildman–Crippen MR) is 111 cm³/mol. The summed E-state index contributed by atoms with van der Waals surface area (Å²) in [6.45, 7) is 0.179. The minimum Gasteiger partial charge on any atom is -0.480 e. The number of fused-ring (bicyclic) bond motifs is 3. The summed E-state index contributed by atoms with van der Waals surface area (Å²) < 4.78 is 5.48. The van der Waals surface area contributed by atoms with Crippen LogP contribution in [0.3, 0.4) is 0 Å². The highest BCUT2D eigenvalue weighted by Gasteiger charge is 2.30. The molecule has 2 N–H and O–H groups in total. The predicted octanol–water partition coefficient (Wildman–Crippen LogP) is 4.72. The number of amides is 1. The number of hydrogen-bond acceptors (Lipinski definition) is 3. The highest BCUT2D eigenvalue weighted by atomic mass is 16.5. The summed E-state index contributed by atoms with van der Waals surface area (Å²) in [5, 5.41) is 12.1. The lowest BCUT2D eigenvalue weighted by Crippen LogP contribution is -2.42. The van der Waals surface area contributed by atoms with Crippen molar-refractivity contribution in [1.82, 2.24) is 5.32 Å². The fourth-order valence-corrected chi connectivity index (χ4v) is 4.41. The van der Waals surface area contributed by atoms with Gasteiger partial charge in [0.15, 0.2) is 0 Å². The van der Waals surface area contributed by atoms with Gasteiger partial charge in [-0.1, -0.05) is 60.7 Å². The molecule has 0 aromatic heterocycles. The van der Waals surface area contributed by atoms with Gasteiger partial charge < -0.3 is 15.2 Å². The van der Waals surface area contributed by atoms with Gasteiger partial charge in [-0.3, -0.25) is 0 Å². The number of carbonyl (C=O) groups is 2. The molecule has 1 amide bonds. The van der Waals surface area contributed by atoms with Gasteiger partial charge in [0.1, 0.15) is 12.6 Å². The van der Waals surface area contributed by atoms with Crippen LogP contribution in [0.1, 0.15) is 42.7 Å². The van der Waals surface area contributed by atoms with Gasteiger partial charge in [0.05, 0.1) is 0 Å². The molecule has 4 rings (SSSR count). The van der Waals surface area contributed by atoms with Crippen LogP contribution in [-0.2, 0) is 9.53 Å². The molecule has 0 bridgehead atoms. The van der Waals surface area contributed by atoms with Crippen molar-refractivity contribution in [2.45, 2.75) is 37.6 Å². The summed E-state index contributed by atoms with van der Waals surface area (Å²) in [5.74, 6) is -0.789. The number of benzene rings is 2. The molecule has 150 valence electrons. The van der Waals surface area contributed by atoms with E-state index in [9.17, 15) is 14.7 Å². The second kappa shape index (κ2) is 8.52. The molecule has 5 heteroatoms. The second-order valence-electron chi connectivity index (χ2n) is 7.75. The Hall–Kier alpha value is -3.08. The standard InChI is InChI=1S/C24H25NO4/c26-23(27)22(14-16-8-2-1-3-9-16)25-24(28)29-15-21-19-12-6-4-10-17(19)18-11-5-7-13-20(18)21/h1-2,4-7,10-13,16,21-22H,3,8-9,14-15H2,(H,25,28)(H,26,27). The van der Waals surface area contributed by atoms with Gasteiger partial charge in [0, 0.05) is 5.92 Å². The first-order valence-electron chi connectivity index (χ1n) is 10.1. The van der Waals surface area contributed by atoms with Crippen molar-refractivity contribution < 1.29 is 19.4 Å². The van der Waals surface area contributed by atoms with Crippen LogP contribution in [0.15, 0.2) is 60.7 Å². The van der Waals surface area contributed by atoms with Crippen LogP contribution in [0.4, 0.5) is 4.79 Å². The van der Waals surface area contributed by atoms with Crippen LogP contribution >= 0.6 is 0 Å². The third kappa shape index (κ3) is 4.19. The van der Waals surface area contributed by atoms with Gasteiger partial charge in [-0.05, 0) is 53.9 Å². The number of carbonyl (C=O) groups excluding carboxylic acids is 1. The quantitative estimate of drug-likeness (QED) is 0.699. The minimum absolute atomic E-state index is 0.0418. The van der Waals surface area contributed by atoms with E-state index in [1.54, 1.807) is 0 Å². The second-order valence-corrected chi connectivity index (χ2v) is 7.75. The third-order valence-corrected chi connectivity index (χ3v) is 5.88.